The van der Waals surface area contributed by atoms with Gasteiger partial charge in [0.25, 0.3) is 0 Å². The van der Waals surface area contributed by atoms with Crippen LogP contribution in [0.25, 0.3) is 11.0 Å². The minimum absolute atomic E-state index is 0.0846. The Bertz CT molecular complexity index is 478. The lowest BCUT2D eigenvalue weighted by Crippen LogP contribution is -2.13. The third-order valence-electron chi connectivity index (χ3n) is 2.28. The lowest BCUT2D eigenvalue weighted by Gasteiger charge is -2.06. The monoisotopic (exact) mass is 185 g/mol. The van der Waals surface area contributed by atoms with Gasteiger partial charge >= 0.3 is 0 Å². The zero-order valence-corrected chi connectivity index (χ0v) is 7.95. The standard InChI is InChI=1S/C12H11NO/c1-3-11(13-2)10-8-14-12-7-5-4-6-9(10)12/h1,4-8,11,13H,2H3. The van der Waals surface area contributed by atoms with Crippen LogP contribution in [0.15, 0.2) is 34.9 Å². The van der Waals surface area contributed by atoms with Crippen molar-refractivity contribution in [2.24, 2.45) is 0 Å². The summed E-state index contributed by atoms with van der Waals surface area (Å²) in [5.41, 5.74) is 1.89. The molecule has 1 heterocycles. The maximum absolute atomic E-state index is 5.41. The molecule has 0 spiro atoms. The second-order valence-corrected chi connectivity index (χ2v) is 3.08. The normalized spacial score (nSPS) is 12.6. The topological polar surface area (TPSA) is 25.2 Å². The van der Waals surface area contributed by atoms with Crippen molar-refractivity contribution < 1.29 is 4.42 Å². The van der Waals surface area contributed by atoms with E-state index in [0.29, 0.717) is 0 Å². The smallest absolute Gasteiger partial charge is 0.134 e. The quantitative estimate of drug-likeness (QED) is 0.726. The number of nitrogens with one attached hydrogen (secondary N) is 1. The van der Waals surface area contributed by atoms with E-state index < -0.39 is 0 Å². The summed E-state index contributed by atoms with van der Waals surface area (Å²) in [6.07, 6.45) is 7.13. The molecule has 0 saturated heterocycles. The fourth-order valence-electron chi connectivity index (χ4n) is 1.55. The molecule has 0 aliphatic carbocycles. The largest absolute Gasteiger partial charge is 0.464 e. The van der Waals surface area contributed by atoms with Gasteiger partial charge in [-0.15, -0.1) is 6.42 Å². The zero-order valence-electron chi connectivity index (χ0n) is 7.95. The number of terminal acetylenes is 1. The Balaban J connectivity index is 2.59. The molecule has 1 N–H and O–H groups in total. The van der Waals surface area contributed by atoms with Crippen LogP contribution in [0.4, 0.5) is 0 Å². The first-order chi connectivity index (χ1) is 6.86. The number of fused-ring (bicyclic) bond motifs is 1. The van der Waals surface area contributed by atoms with Crippen molar-refractivity contribution in [3.63, 3.8) is 0 Å². The van der Waals surface area contributed by atoms with E-state index in [1.54, 1.807) is 6.26 Å². The number of rotatable bonds is 2. The van der Waals surface area contributed by atoms with Gasteiger partial charge in [-0.2, -0.15) is 0 Å². The molecule has 2 nitrogen and oxygen atoms in total. The molecule has 2 aromatic rings. The third kappa shape index (κ3) is 1.28. The molecule has 2 heteroatoms. The van der Waals surface area contributed by atoms with Crippen LogP contribution in [0.3, 0.4) is 0 Å². The summed E-state index contributed by atoms with van der Waals surface area (Å²) in [5.74, 6) is 2.68. The number of para-hydroxylation sites is 1. The molecule has 0 bridgehead atoms. The van der Waals surface area contributed by atoms with Crippen molar-refractivity contribution in [3.8, 4) is 12.3 Å². The van der Waals surface area contributed by atoms with E-state index in [1.165, 1.54) is 0 Å². The Labute approximate surface area is 82.9 Å². The fourth-order valence-corrected chi connectivity index (χ4v) is 1.55. The number of furan rings is 1. The molecule has 1 aromatic carbocycles. The van der Waals surface area contributed by atoms with Crippen LogP contribution in [-0.4, -0.2) is 7.05 Å². The Morgan fingerprint density at radius 3 is 2.93 bits per heavy atom. The predicted molar refractivity (Wildman–Crippen MR) is 56.8 cm³/mol. The summed E-state index contributed by atoms with van der Waals surface area (Å²) in [7, 11) is 1.84. The van der Waals surface area contributed by atoms with E-state index >= 15 is 0 Å². The molecule has 0 radical (unpaired) electrons. The first kappa shape index (κ1) is 8.86. The highest BCUT2D eigenvalue weighted by Gasteiger charge is 2.11. The molecule has 0 aliphatic heterocycles. The van der Waals surface area contributed by atoms with Gasteiger partial charge < -0.3 is 9.73 Å². The van der Waals surface area contributed by atoms with Gasteiger partial charge in [-0.25, -0.2) is 0 Å². The highest BCUT2D eigenvalue weighted by molar-refractivity contribution is 5.81. The van der Waals surface area contributed by atoms with Crippen molar-refractivity contribution in [1.29, 1.82) is 0 Å². The number of benzene rings is 1. The molecule has 0 saturated carbocycles. The highest BCUT2D eigenvalue weighted by Crippen LogP contribution is 2.25. The van der Waals surface area contributed by atoms with Crippen LogP contribution in [0.2, 0.25) is 0 Å². The SMILES string of the molecule is C#CC(NC)c1coc2ccccc12. The van der Waals surface area contributed by atoms with Crippen LogP contribution in [0, 0.1) is 12.3 Å². The first-order valence-electron chi connectivity index (χ1n) is 4.46. The van der Waals surface area contributed by atoms with Crippen molar-refractivity contribution >= 4 is 11.0 Å². The Hall–Kier alpha value is -1.72. The highest BCUT2D eigenvalue weighted by atomic mass is 16.3. The summed E-state index contributed by atoms with van der Waals surface area (Å²) in [6, 6.07) is 7.78. The van der Waals surface area contributed by atoms with Gasteiger partial charge in [0, 0.05) is 10.9 Å². The molecule has 1 aromatic heterocycles. The molecule has 1 unspecified atom stereocenters. The van der Waals surface area contributed by atoms with Gasteiger partial charge in [0.05, 0.1) is 12.3 Å². The maximum atomic E-state index is 5.41. The Morgan fingerprint density at radius 2 is 2.21 bits per heavy atom. The van der Waals surface area contributed by atoms with Gasteiger partial charge in [-0.05, 0) is 13.1 Å². The van der Waals surface area contributed by atoms with Gasteiger partial charge in [0.2, 0.25) is 0 Å². The minimum Gasteiger partial charge on any atom is -0.464 e. The van der Waals surface area contributed by atoms with Gasteiger partial charge in [0.1, 0.15) is 5.58 Å². The molecule has 14 heavy (non-hydrogen) atoms. The van der Waals surface area contributed by atoms with Crippen LogP contribution < -0.4 is 5.32 Å². The third-order valence-corrected chi connectivity index (χ3v) is 2.28. The van der Waals surface area contributed by atoms with E-state index in [0.717, 1.165) is 16.5 Å². The molecular formula is C12H11NO. The number of hydrogen-bond donors (Lipinski definition) is 1. The molecule has 0 amide bonds. The van der Waals surface area contributed by atoms with Crippen molar-refractivity contribution in [1.82, 2.24) is 5.32 Å². The summed E-state index contributed by atoms with van der Waals surface area (Å²) in [6.45, 7) is 0. The predicted octanol–water partition coefficient (Wildman–Crippen LogP) is 2.33. The maximum Gasteiger partial charge on any atom is 0.134 e. The van der Waals surface area contributed by atoms with E-state index in [4.69, 9.17) is 10.8 Å². The summed E-state index contributed by atoms with van der Waals surface area (Å²) in [4.78, 5) is 0. The number of hydrogen-bond acceptors (Lipinski definition) is 2. The van der Waals surface area contributed by atoms with Crippen molar-refractivity contribution in [2.75, 3.05) is 7.05 Å². The lowest BCUT2D eigenvalue weighted by molar-refractivity contribution is 0.602. The second kappa shape index (κ2) is 3.57. The lowest BCUT2D eigenvalue weighted by atomic mass is 10.1. The van der Waals surface area contributed by atoms with Crippen LogP contribution >= 0.6 is 0 Å². The molecule has 0 aliphatic rings. The van der Waals surface area contributed by atoms with Crippen LogP contribution in [0.1, 0.15) is 11.6 Å². The van der Waals surface area contributed by atoms with Crippen LogP contribution in [0.5, 0.6) is 0 Å². The second-order valence-electron chi connectivity index (χ2n) is 3.08. The average Bonchev–Trinajstić information content (AvgIpc) is 2.65. The average molecular weight is 185 g/mol. The molecule has 1 atom stereocenters. The minimum atomic E-state index is -0.0846. The van der Waals surface area contributed by atoms with E-state index in [9.17, 15) is 0 Å². The van der Waals surface area contributed by atoms with Gasteiger partial charge in [0.15, 0.2) is 0 Å². The van der Waals surface area contributed by atoms with E-state index in [-0.39, 0.29) is 6.04 Å². The van der Waals surface area contributed by atoms with Crippen LogP contribution in [-0.2, 0) is 0 Å². The zero-order chi connectivity index (χ0) is 9.97. The molecular weight excluding hydrogens is 174 g/mol. The summed E-state index contributed by atoms with van der Waals surface area (Å²) < 4.78 is 5.40. The molecule has 0 fully saturated rings. The van der Waals surface area contributed by atoms with Crippen molar-refractivity contribution in [3.05, 3.63) is 36.1 Å². The van der Waals surface area contributed by atoms with E-state index in [2.05, 4.69) is 11.2 Å². The summed E-state index contributed by atoms with van der Waals surface area (Å²) in [5, 5.41) is 4.12. The van der Waals surface area contributed by atoms with Gasteiger partial charge in [-0.3, -0.25) is 0 Å². The molecule has 70 valence electrons. The van der Waals surface area contributed by atoms with E-state index in [1.807, 2.05) is 31.3 Å². The molecule has 2 rings (SSSR count). The van der Waals surface area contributed by atoms with Gasteiger partial charge in [-0.1, -0.05) is 24.1 Å². The first-order valence-corrected chi connectivity index (χ1v) is 4.46. The fraction of sp³-hybridized carbons (Fsp3) is 0.167. The summed E-state index contributed by atoms with van der Waals surface area (Å²) >= 11 is 0. The van der Waals surface area contributed by atoms with Crippen molar-refractivity contribution in [2.45, 2.75) is 6.04 Å². The Morgan fingerprint density at radius 1 is 1.43 bits per heavy atom. The Kier molecular flexibility index (Phi) is 2.26.